The Labute approximate surface area is 109 Å². The predicted octanol–water partition coefficient (Wildman–Crippen LogP) is 2.33. The van der Waals surface area contributed by atoms with E-state index in [0.717, 1.165) is 24.9 Å². The van der Waals surface area contributed by atoms with Gasteiger partial charge in [-0.1, -0.05) is 44.2 Å². The quantitative estimate of drug-likeness (QED) is 0.889. The zero-order chi connectivity index (χ0) is 13.1. The van der Waals surface area contributed by atoms with Gasteiger partial charge in [0.05, 0.1) is 0 Å². The SMILES string of the molecule is CC(C)C1CCCN1C(=O)[C@@H](N)c1ccccc1. The van der Waals surface area contributed by atoms with Crippen LogP contribution in [0.15, 0.2) is 30.3 Å². The number of hydrogen-bond donors (Lipinski definition) is 1. The van der Waals surface area contributed by atoms with Crippen LogP contribution < -0.4 is 5.73 Å². The summed E-state index contributed by atoms with van der Waals surface area (Å²) >= 11 is 0. The normalized spacial score (nSPS) is 21.3. The molecule has 1 unspecified atom stereocenters. The summed E-state index contributed by atoms with van der Waals surface area (Å²) in [6.45, 7) is 5.19. The molecule has 1 amide bonds. The highest BCUT2D eigenvalue weighted by molar-refractivity contribution is 5.83. The van der Waals surface area contributed by atoms with Gasteiger partial charge in [-0.15, -0.1) is 0 Å². The Balaban J connectivity index is 2.11. The maximum Gasteiger partial charge on any atom is 0.244 e. The van der Waals surface area contributed by atoms with E-state index in [0.29, 0.717) is 12.0 Å². The molecule has 18 heavy (non-hydrogen) atoms. The second kappa shape index (κ2) is 5.53. The minimum Gasteiger partial charge on any atom is -0.338 e. The Morgan fingerprint density at radius 2 is 2.00 bits per heavy atom. The molecule has 0 saturated carbocycles. The molecule has 0 aromatic heterocycles. The fourth-order valence-electron chi connectivity index (χ4n) is 2.74. The molecule has 1 aliphatic rings. The van der Waals surface area contributed by atoms with Crippen molar-refractivity contribution < 1.29 is 4.79 Å². The third-order valence-corrected chi connectivity index (χ3v) is 3.78. The molecule has 1 fully saturated rings. The van der Waals surface area contributed by atoms with Crippen LogP contribution in [-0.4, -0.2) is 23.4 Å². The Bertz CT molecular complexity index is 402. The summed E-state index contributed by atoms with van der Waals surface area (Å²) in [6.07, 6.45) is 2.20. The number of benzene rings is 1. The van der Waals surface area contributed by atoms with E-state index in [9.17, 15) is 4.79 Å². The van der Waals surface area contributed by atoms with Gasteiger partial charge in [0.1, 0.15) is 6.04 Å². The molecule has 2 rings (SSSR count). The summed E-state index contributed by atoms with van der Waals surface area (Å²) in [5.74, 6) is 0.567. The summed E-state index contributed by atoms with van der Waals surface area (Å²) in [5, 5.41) is 0. The molecule has 0 aliphatic carbocycles. The van der Waals surface area contributed by atoms with Gasteiger partial charge >= 0.3 is 0 Å². The monoisotopic (exact) mass is 246 g/mol. The van der Waals surface area contributed by atoms with Crippen LogP contribution in [0.4, 0.5) is 0 Å². The Kier molecular flexibility index (Phi) is 4.02. The van der Waals surface area contributed by atoms with Crippen molar-refractivity contribution in [3.63, 3.8) is 0 Å². The first-order chi connectivity index (χ1) is 8.61. The fraction of sp³-hybridized carbons (Fsp3) is 0.533. The molecule has 2 atom stereocenters. The molecule has 0 radical (unpaired) electrons. The number of nitrogens with two attached hydrogens (primary N) is 1. The average molecular weight is 246 g/mol. The van der Waals surface area contributed by atoms with Crippen molar-refractivity contribution in [2.75, 3.05) is 6.54 Å². The van der Waals surface area contributed by atoms with Crippen molar-refractivity contribution >= 4 is 5.91 Å². The second-order valence-electron chi connectivity index (χ2n) is 5.37. The van der Waals surface area contributed by atoms with Crippen LogP contribution in [0.25, 0.3) is 0 Å². The zero-order valence-corrected chi connectivity index (χ0v) is 11.2. The van der Waals surface area contributed by atoms with E-state index < -0.39 is 6.04 Å². The van der Waals surface area contributed by atoms with Crippen molar-refractivity contribution in [3.8, 4) is 0 Å². The lowest BCUT2D eigenvalue weighted by Crippen LogP contribution is -2.43. The third kappa shape index (κ3) is 2.56. The first kappa shape index (κ1) is 13.1. The highest BCUT2D eigenvalue weighted by atomic mass is 16.2. The van der Waals surface area contributed by atoms with Crippen LogP contribution in [0, 0.1) is 5.92 Å². The first-order valence-corrected chi connectivity index (χ1v) is 6.72. The number of carbonyl (C=O) groups excluding carboxylic acids is 1. The van der Waals surface area contributed by atoms with Gasteiger partial charge in [0.15, 0.2) is 0 Å². The summed E-state index contributed by atoms with van der Waals surface area (Å²) in [7, 11) is 0. The molecule has 98 valence electrons. The number of nitrogens with zero attached hydrogens (tertiary/aromatic N) is 1. The standard InChI is InChI=1S/C15H22N2O/c1-11(2)13-9-6-10-17(13)15(18)14(16)12-7-4-3-5-8-12/h3-5,7-8,11,13-14H,6,9-10,16H2,1-2H3/t13?,14-/m0/s1. The molecule has 1 aromatic rings. The predicted molar refractivity (Wildman–Crippen MR) is 72.9 cm³/mol. The number of amides is 1. The van der Waals surface area contributed by atoms with Crippen LogP contribution >= 0.6 is 0 Å². The van der Waals surface area contributed by atoms with Crippen molar-refractivity contribution in [2.45, 2.75) is 38.8 Å². The summed E-state index contributed by atoms with van der Waals surface area (Å²) in [4.78, 5) is 14.4. The smallest absolute Gasteiger partial charge is 0.244 e. The van der Waals surface area contributed by atoms with E-state index in [1.54, 1.807) is 0 Å². The van der Waals surface area contributed by atoms with E-state index >= 15 is 0 Å². The Hall–Kier alpha value is -1.35. The van der Waals surface area contributed by atoms with Crippen molar-refractivity contribution in [2.24, 2.45) is 11.7 Å². The van der Waals surface area contributed by atoms with Crippen molar-refractivity contribution in [3.05, 3.63) is 35.9 Å². The molecular weight excluding hydrogens is 224 g/mol. The zero-order valence-electron chi connectivity index (χ0n) is 11.2. The van der Waals surface area contributed by atoms with E-state index in [1.165, 1.54) is 0 Å². The minimum absolute atomic E-state index is 0.0670. The van der Waals surface area contributed by atoms with E-state index in [1.807, 2.05) is 35.2 Å². The number of likely N-dealkylation sites (tertiary alicyclic amines) is 1. The molecular formula is C15H22N2O. The van der Waals surface area contributed by atoms with Crippen LogP contribution in [0.2, 0.25) is 0 Å². The lowest BCUT2D eigenvalue weighted by molar-refractivity contribution is -0.134. The van der Waals surface area contributed by atoms with Crippen molar-refractivity contribution in [1.82, 2.24) is 4.90 Å². The van der Waals surface area contributed by atoms with E-state index in [-0.39, 0.29) is 5.91 Å². The molecule has 1 saturated heterocycles. The van der Waals surface area contributed by atoms with Gasteiger partial charge in [0.25, 0.3) is 0 Å². The molecule has 3 heteroatoms. The van der Waals surface area contributed by atoms with Gasteiger partial charge < -0.3 is 10.6 Å². The highest BCUT2D eigenvalue weighted by Crippen LogP contribution is 2.26. The summed E-state index contributed by atoms with van der Waals surface area (Å²) in [6, 6.07) is 9.45. The van der Waals surface area contributed by atoms with Gasteiger partial charge in [0, 0.05) is 12.6 Å². The molecule has 1 heterocycles. The Morgan fingerprint density at radius 3 is 2.61 bits per heavy atom. The summed E-state index contributed by atoms with van der Waals surface area (Å²) in [5.41, 5.74) is 6.99. The average Bonchev–Trinajstić information content (AvgIpc) is 2.87. The largest absolute Gasteiger partial charge is 0.338 e. The second-order valence-corrected chi connectivity index (χ2v) is 5.37. The summed E-state index contributed by atoms with van der Waals surface area (Å²) < 4.78 is 0. The van der Waals surface area contributed by atoms with Gasteiger partial charge in [0.2, 0.25) is 5.91 Å². The van der Waals surface area contributed by atoms with Crippen LogP contribution in [0.5, 0.6) is 0 Å². The van der Waals surface area contributed by atoms with Gasteiger partial charge in [-0.25, -0.2) is 0 Å². The molecule has 0 bridgehead atoms. The van der Waals surface area contributed by atoms with Gasteiger partial charge in [-0.2, -0.15) is 0 Å². The molecule has 2 N–H and O–H groups in total. The Morgan fingerprint density at radius 1 is 1.33 bits per heavy atom. The lowest BCUT2D eigenvalue weighted by Gasteiger charge is -2.30. The van der Waals surface area contributed by atoms with Gasteiger partial charge in [-0.3, -0.25) is 4.79 Å². The minimum atomic E-state index is -0.523. The maximum atomic E-state index is 12.5. The number of carbonyl (C=O) groups is 1. The van der Waals surface area contributed by atoms with E-state index in [4.69, 9.17) is 5.73 Å². The molecule has 1 aliphatic heterocycles. The fourth-order valence-corrected chi connectivity index (χ4v) is 2.74. The molecule has 1 aromatic carbocycles. The maximum absolute atomic E-state index is 12.5. The first-order valence-electron chi connectivity index (χ1n) is 6.72. The number of rotatable bonds is 3. The molecule has 3 nitrogen and oxygen atoms in total. The number of hydrogen-bond acceptors (Lipinski definition) is 2. The van der Waals surface area contributed by atoms with Crippen LogP contribution in [-0.2, 0) is 4.79 Å². The van der Waals surface area contributed by atoms with Gasteiger partial charge in [-0.05, 0) is 24.3 Å². The van der Waals surface area contributed by atoms with Crippen molar-refractivity contribution in [1.29, 1.82) is 0 Å². The van der Waals surface area contributed by atoms with Crippen LogP contribution in [0.1, 0.15) is 38.3 Å². The third-order valence-electron chi connectivity index (χ3n) is 3.78. The topological polar surface area (TPSA) is 46.3 Å². The lowest BCUT2D eigenvalue weighted by atomic mass is 10.0. The molecule has 0 spiro atoms. The highest BCUT2D eigenvalue weighted by Gasteiger charge is 2.33. The van der Waals surface area contributed by atoms with Crippen LogP contribution in [0.3, 0.4) is 0 Å². The van der Waals surface area contributed by atoms with E-state index in [2.05, 4.69) is 13.8 Å².